The summed E-state index contributed by atoms with van der Waals surface area (Å²) in [5.74, 6) is 2.33. The summed E-state index contributed by atoms with van der Waals surface area (Å²) in [6.45, 7) is 4.69. The van der Waals surface area contributed by atoms with Crippen LogP contribution in [0.2, 0.25) is 0 Å². The molecule has 2 unspecified atom stereocenters. The molecule has 0 saturated heterocycles. The molecule has 27 heavy (non-hydrogen) atoms. The summed E-state index contributed by atoms with van der Waals surface area (Å²) in [5, 5.41) is 9.71. The highest BCUT2D eigenvalue weighted by atomic mass is 16.3. The molecule has 138 valence electrons. The van der Waals surface area contributed by atoms with Crippen molar-refractivity contribution < 1.29 is 9.52 Å². The molecule has 0 amide bonds. The molecule has 3 heteroatoms. The van der Waals surface area contributed by atoms with E-state index in [-0.39, 0.29) is 0 Å². The molecular weight excluding hydrogens is 334 g/mol. The second kappa shape index (κ2) is 7.43. The van der Waals surface area contributed by atoms with Crippen LogP contribution >= 0.6 is 0 Å². The molecule has 1 heterocycles. The first-order chi connectivity index (χ1) is 13.1. The smallest absolute Gasteiger partial charge is 0.225 e. The molecule has 1 saturated carbocycles. The van der Waals surface area contributed by atoms with Gasteiger partial charge in [0.05, 0.1) is 6.20 Å². The monoisotopic (exact) mass is 359 g/mol. The van der Waals surface area contributed by atoms with Crippen molar-refractivity contribution in [2.45, 2.75) is 33.1 Å². The molecule has 1 aliphatic rings. The molecule has 3 aromatic rings. The van der Waals surface area contributed by atoms with Gasteiger partial charge in [0.25, 0.3) is 0 Å². The van der Waals surface area contributed by atoms with Crippen molar-refractivity contribution in [3.05, 3.63) is 77.7 Å². The van der Waals surface area contributed by atoms with Gasteiger partial charge in [-0.25, -0.2) is 4.98 Å². The van der Waals surface area contributed by atoms with Gasteiger partial charge in [0.15, 0.2) is 0 Å². The minimum atomic E-state index is 0.299. The number of allylic oxidation sites excluding steroid dienone is 1. The number of nitrogens with zero attached hydrogens (tertiary/aromatic N) is 1. The molecule has 1 N–H and O–H groups in total. The summed E-state index contributed by atoms with van der Waals surface area (Å²) >= 11 is 0. The van der Waals surface area contributed by atoms with E-state index < -0.39 is 0 Å². The minimum absolute atomic E-state index is 0.299. The van der Waals surface area contributed by atoms with Crippen LogP contribution < -0.4 is 0 Å². The molecule has 2 atom stereocenters. The van der Waals surface area contributed by atoms with Crippen molar-refractivity contribution >= 4 is 5.57 Å². The minimum Gasteiger partial charge on any atom is -0.508 e. The Morgan fingerprint density at radius 2 is 1.52 bits per heavy atom. The maximum absolute atomic E-state index is 9.71. The van der Waals surface area contributed by atoms with E-state index in [1.165, 1.54) is 23.1 Å². The van der Waals surface area contributed by atoms with Gasteiger partial charge >= 0.3 is 0 Å². The highest BCUT2D eigenvalue weighted by molar-refractivity contribution is 5.83. The summed E-state index contributed by atoms with van der Waals surface area (Å²) in [4.78, 5) is 4.23. The number of aromatic nitrogens is 1. The van der Waals surface area contributed by atoms with Crippen LogP contribution in [0.15, 0.2) is 71.0 Å². The molecule has 3 nitrogen and oxygen atoms in total. The van der Waals surface area contributed by atoms with E-state index in [1.54, 1.807) is 24.6 Å². The molecule has 1 aromatic heterocycles. The first kappa shape index (κ1) is 17.6. The van der Waals surface area contributed by atoms with Crippen LogP contribution in [0.3, 0.4) is 0 Å². The third kappa shape index (κ3) is 3.82. The Bertz CT molecular complexity index is 910. The van der Waals surface area contributed by atoms with Crippen molar-refractivity contribution in [3.63, 3.8) is 0 Å². The molecule has 0 spiro atoms. The highest BCUT2D eigenvalue weighted by Gasteiger charge is 2.23. The summed E-state index contributed by atoms with van der Waals surface area (Å²) in [5.41, 5.74) is 6.15. The number of phenolic OH excluding ortho intramolecular Hbond substituents is 1. The molecular formula is C24H25NO2. The van der Waals surface area contributed by atoms with E-state index >= 15 is 0 Å². The van der Waals surface area contributed by atoms with Gasteiger partial charge in [-0.3, -0.25) is 0 Å². The van der Waals surface area contributed by atoms with Crippen LogP contribution in [0.1, 0.15) is 44.2 Å². The third-order valence-corrected chi connectivity index (χ3v) is 5.36. The Morgan fingerprint density at radius 3 is 2.07 bits per heavy atom. The summed E-state index contributed by atoms with van der Waals surface area (Å²) in [6.07, 6.45) is 6.80. The number of aromatic hydroxyl groups is 1. The lowest BCUT2D eigenvalue weighted by Gasteiger charge is -2.29. The highest BCUT2D eigenvalue weighted by Crippen LogP contribution is 2.40. The maximum Gasteiger partial charge on any atom is 0.225 e. The summed E-state index contributed by atoms with van der Waals surface area (Å²) in [7, 11) is 0. The average Bonchev–Trinajstić information content (AvgIpc) is 3.18. The average molecular weight is 359 g/mol. The quantitative estimate of drug-likeness (QED) is 0.596. The number of rotatable bonds is 3. The van der Waals surface area contributed by atoms with E-state index in [0.717, 1.165) is 24.0 Å². The van der Waals surface area contributed by atoms with Gasteiger partial charge in [0.2, 0.25) is 5.89 Å². The molecule has 0 radical (unpaired) electrons. The zero-order valence-corrected chi connectivity index (χ0v) is 15.9. The zero-order chi connectivity index (χ0) is 18.8. The third-order valence-electron chi connectivity index (χ3n) is 5.36. The van der Waals surface area contributed by atoms with Crippen molar-refractivity contribution in [1.82, 2.24) is 4.98 Å². The van der Waals surface area contributed by atoms with Gasteiger partial charge in [-0.2, -0.15) is 0 Å². The lowest BCUT2D eigenvalue weighted by Crippen LogP contribution is -2.14. The van der Waals surface area contributed by atoms with Crippen LogP contribution in [0, 0.1) is 11.8 Å². The Morgan fingerprint density at radius 1 is 0.926 bits per heavy atom. The first-order valence-corrected chi connectivity index (χ1v) is 9.62. The number of oxazole rings is 1. The van der Waals surface area contributed by atoms with Crippen molar-refractivity contribution in [2.75, 3.05) is 0 Å². The summed E-state index contributed by atoms with van der Waals surface area (Å²) < 4.78 is 5.41. The van der Waals surface area contributed by atoms with E-state index in [0.29, 0.717) is 23.5 Å². The Kier molecular flexibility index (Phi) is 4.85. The Labute approximate surface area is 160 Å². The summed E-state index contributed by atoms with van der Waals surface area (Å²) in [6, 6.07) is 16.0. The van der Waals surface area contributed by atoms with Gasteiger partial charge in [-0.15, -0.1) is 0 Å². The Balaban J connectivity index is 1.79. The van der Waals surface area contributed by atoms with E-state index in [9.17, 15) is 5.11 Å². The largest absolute Gasteiger partial charge is 0.508 e. The fourth-order valence-corrected chi connectivity index (χ4v) is 4.33. The number of phenols is 1. The number of hydrogen-bond acceptors (Lipinski definition) is 3. The maximum atomic E-state index is 9.71. The molecule has 2 aromatic carbocycles. The Hall–Kier alpha value is -2.81. The van der Waals surface area contributed by atoms with Crippen molar-refractivity contribution in [3.8, 4) is 17.2 Å². The zero-order valence-electron chi connectivity index (χ0n) is 15.9. The van der Waals surface area contributed by atoms with Crippen molar-refractivity contribution in [2.24, 2.45) is 11.8 Å². The second-order valence-corrected chi connectivity index (χ2v) is 7.79. The van der Waals surface area contributed by atoms with Crippen molar-refractivity contribution in [1.29, 1.82) is 0 Å². The number of hydrogen-bond donors (Lipinski definition) is 1. The van der Waals surface area contributed by atoms with Gasteiger partial charge in [-0.05, 0) is 72.1 Å². The lowest BCUT2D eigenvalue weighted by atomic mass is 9.76. The van der Waals surface area contributed by atoms with Gasteiger partial charge in [-0.1, -0.05) is 43.7 Å². The van der Waals surface area contributed by atoms with E-state index in [4.69, 9.17) is 4.42 Å². The van der Waals surface area contributed by atoms with Gasteiger partial charge in [0.1, 0.15) is 12.0 Å². The van der Waals surface area contributed by atoms with Crippen LogP contribution in [0.4, 0.5) is 0 Å². The van der Waals surface area contributed by atoms with Crippen LogP contribution in [0.25, 0.3) is 17.0 Å². The first-order valence-electron chi connectivity index (χ1n) is 9.62. The van der Waals surface area contributed by atoms with Crippen LogP contribution in [-0.2, 0) is 0 Å². The fourth-order valence-electron chi connectivity index (χ4n) is 4.33. The molecule has 4 rings (SSSR count). The lowest BCUT2D eigenvalue weighted by molar-refractivity contribution is 0.359. The van der Waals surface area contributed by atoms with E-state index in [1.807, 2.05) is 12.1 Å². The van der Waals surface area contributed by atoms with E-state index in [2.05, 4.69) is 43.1 Å². The standard InChI is InChI=1S/C24H25NO2/c1-16-13-17(2)15-21(14-16)23(19-7-9-22(26)10-8-19)18-3-5-20(6-4-18)24-25-11-12-27-24/h3-12,16-17,26H,13-15H2,1-2H3. The molecule has 0 aliphatic heterocycles. The number of benzene rings is 2. The normalized spacial score (nSPS) is 19.9. The second-order valence-electron chi connectivity index (χ2n) is 7.79. The van der Waals surface area contributed by atoms with Crippen LogP contribution in [0.5, 0.6) is 5.75 Å². The molecule has 1 fully saturated rings. The SMILES string of the molecule is CC1CC(=C(c2ccc(O)cc2)c2ccc(-c3ncco3)cc2)CC(C)C1. The molecule has 1 aliphatic carbocycles. The van der Waals surface area contributed by atoms with Crippen LogP contribution in [-0.4, -0.2) is 10.1 Å². The predicted molar refractivity (Wildman–Crippen MR) is 108 cm³/mol. The van der Waals surface area contributed by atoms with Gasteiger partial charge in [0, 0.05) is 5.56 Å². The predicted octanol–water partition coefficient (Wildman–Crippen LogP) is 6.31. The topological polar surface area (TPSA) is 46.3 Å². The van der Waals surface area contributed by atoms with Gasteiger partial charge < -0.3 is 9.52 Å². The molecule has 0 bridgehead atoms. The fraction of sp³-hybridized carbons (Fsp3) is 0.292.